The summed E-state index contributed by atoms with van der Waals surface area (Å²) < 4.78 is 10.8. The van der Waals surface area contributed by atoms with Crippen LogP contribution in [0, 0.1) is 0 Å². The Bertz CT molecular complexity index is 436. The van der Waals surface area contributed by atoms with Gasteiger partial charge in [0.25, 0.3) is 0 Å². The highest BCUT2D eigenvalue weighted by molar-refractivity contribution is 5.42. The van der Waals surface area contributed by atoms with E-state index in [4.69, 9.17) is 9.47 Å². The van der Waals surface area contributed by atoms with Gasteiger partial charge < -0.3 is 14.8 Å². The molecule has 0 radical (unpaired) electrons. The van der Waals surface area contributed by atoms with Crippen molar-refractivity contribution in [3.05, 3.63) is 23.8 Å². The van der Waals surface area contributed by atoms with Crippen LogP contribution in [0.4, 0.5) is 0 Å². The molecule has 1 fully saturated rings. The molecule has 1 aromatic rings. The van der Waals surface area contributed by atoms with Crippen LogP contribution < -0.4 is 14.8 Å². The van der Waals surface area contributed by atoms with Crippen molar-refractivity contribution in [2.45, 2.75) is 31.8 Å². The van der Waals surface area contributed by atoms with Crippen molar-refractivity contribution in [1.82, 2.24) is 10.2 Å². The van der Waals surface area contributed by atoms with E-state index in [1.807, 2.05) is 19.2 Å². The average Bonchev–Trinajstić information content (AvgIpc) is 2.89. The minimum absolute atomic E-state index is 0.251. The molecule has 4 heteroatoms. The van der Waals surface area contributed by atoms with E-state index in [0.717, 1.165) is 23.6 Å². The van der Waals surface area contributed by atoms with Crippen LogP contribution in [0.3, 0.4) is 0 Å². The van der Waals surface area contributed by atoms with Gasteiger partial charge in [-0.05, 0) is 51.6 Å². The van der Waals surface area contributed by atoms with E-state index in [1.54, 1.807) is 14.2 Å². The molecule has 4 nitrogen and oxygen atoms in total. The fourth-order valence-corrected chi connectivity index (χ4v) is 2.96. The number of hydrogen-bond acceptors (Lipinski definition) is 4. The Balaban J connectivity index is 2.21. The van der Waals surface area contributed by atoms with E-state index >= 15 is 0 Å². The molecule has 1 aromatic carbocycles. The predicted molar refractivity (Wildman–Crippen MR) is 81.6 cm³/mol. The monoisotopic (exact) mass is 278 g/mol. The van der Waals surface area contributed by atoms with Gasteiger partial charge in [-0.25, -0.2) is 0 Å². The summed E-state index contributed by atoms with van der Waals surface area (Å²) in [5.41, 5.74) is 1.16. The van der Waals surface area contributed by atoms with Gasteiger partial charge in [-0.3, -0.25) is 4.90 Å². The maximum absolute atomic E-state index is 5.50. The van der Waals surface area contributed by atoms with Crippen molar-refractivity contribution in [3.63, 3.8) is 0 Å². The highest BCUT2D eigenvalue weighted by atomic mass is 16.5. The molecule has 0 spiro atoms. The molecule has 0 saturated carbocycles. The SMILES string of the molecule is CNC(CN1CCCC1C)c1cc(OC)ccc1OC. The molecule has 2 rings (SSSR count). The molecule has 0 amide bonds. The van der Waals surface area contributed by atoms with E-state index < -0.39 is 0 Å². The number of rotatable bonds is 6. The van der Waals surface area contributed by atoms with Crippen LogP contribution in [-0.4, -0.2) is 45.3 Å². The van der Waals surface area contributed by atoms with Crippen LogP contribution in [0.15, 0.2) is 18.2 Å². The van der Waals surface area contributed by atoms with Crippen LogP contribution in [0.2, 0.25) is 0 Å². The largest absolute Gasteiger partial charge is 0.497 e. The Hall–Kier alpha value is -1.26. The maximum Gasteiger partial charge on any atom is 0.123 e. The third kappa shape index (κ3) is 3.25. The Morgan fingerprint density at radius 2 is 2.15 bits per heavy atom. The first-order valence-corrected chi connectivity index (χ1v) is 7.32. The predicted octanol–water partition coefficient (Wildman–Crippen LogP) is 2.45. The average molecular weight is 278 g/mol. The highest BCUT2D eigenvalue weighted by Gasteiger charge is 2.25. The lowest BCUT2D eigenvalue weighted by molar-refractivity contribution is 0.239. The summed E-state index contributed by atoms with van der Waals surface area (Å²) in [5.74, 6) is 1.78. The standard InChI is InChI=1S/C16H26N2O2/c1-12-6-5-9-18(12)11-15(17-2)14-10-13(19-3)7-8-16(14)20-4/h7-8,10,12,15,17H,5-6,9,11H2,1-4H3. The normalized spacial score (nSPS) is 20.9. The van der Waals surface area contributed by atoms with Gasteiger partial charge in [0.1, 0.15) is 11.5 Å². The van der Waals surface area contributed by atoms with Crippen LogP contribution >= 0.6 is 0 Å². The minimum Gasteiger partial charge on any atom is -0.497 e. The summed E-state index contributed by atoms with van der Waals surface area (Å²) in [7, 11) is 5.42. The van der Waals surface area contributed by atoms with Gasteiger partial charge >= 0.3 is 0 Å². The number of likely N-dealkylation sites (tertiary alicyclic amines) is 1. The van der Waals surface area contributed by atoms with Gasteiger partial charge in [-0.1, -0.05) is 0 Å². The lowest BCUT2D eigenvalue weighted by atomic mass is 10.0. The Kier molecular flexibility index (Phi) is 5.26. The number of ether oxygens (including phenoxy) is 2. The number of methoxy groups -OCH3 is 2. The molecule has 0 aromatic heterocycles. The zero-order valence-electron chi connectivity index (χ0n) is 13.0. The second-order valence-electron chi connectivity index (χ2n) is 5.44. The molecule has 0 bridgehead atoms. The molecule has 0 aliphatic carbocycles. The molecule has 2 unspecified atom stereocenters. The molecule has 2 atom stereocenters. The van der Waals surface area contributed by atoms with Crippen molar-refractivity contribution in [1.29, 1.82) is 0 Å². The van der Waals surface area contributed by atoms with Gasteiger partial charge in [0.05, 0.1) is 14.2 Å². The summed E-state index contributed by atoms with van der Waals surface area (Å²) in [6.07, 6.45) is 2.60. The summed E-state index contributed by atoms with van der Waals surface area (Å²) in [6.45, 7) is 4.50. The number of nitrogens with zero attached hydrogens (tertiary/aromatic N) is 1. The van der Waals surface area contributed by atoms with Crippen molar-refractivity contribution in [3.8, 4) is 11.5 Å². The van der Waals surface area contributed by atoms with Gasteiger partial charge in [0, 0.05) is 24.2 Å². The Labute approximate surface area is 122 Å². The summed E-state index contributed by atoms with van der Waals surface area (Å²) in [6, 6.07) is 6.91. The van der Waals surface area contributed by atoms with Crippen molar-refractivity contribution in [2.75, 3.05) is 34.4 Å². The molecule has 1 N–H and O–H groups in total. The molecule has 112 valence electrons. The van der Waals surface area contributed by atoms with E-state index in [1.165, 1.54) is 19.4 Å². The third-order valence-electron chi connectivity index (χ3n) is 4.27. The van der Waals surface area contributed by atoms with Crippen LogP contribution in [-0.2, 0) is 0 Å². The maximum atomic E-state index is 5.50. The number of benzene rings is 1. The minimum atomic E-state index is 0.251. The Morgan fingerprint density at radius 1 is 1.35 bits per heavy atom. The van der Waals surface area contributed by atoms with Crippen LogP contribution in [0.1, 0.15) is 31.4 Å². The van der Waals surface area contributed by atoms with Gasteiger partial charge in [-0.2, -0.15) is 0 Å². The van der Waals surface area contributed by atoms with Crippen molar-refractivity contribution >= 4 is 0 Å². The lowest BCUT2D eigenvalue weighted by Gasteiger charge is -2.28. The highest BCUT2D eigenvalue weighted by Crippen LogP contribution is 2.31. The van der Waals surface area contributed by atoms with Crippen LogP contribution in [0.5, 0.6) is 11.5 Å². The van der Waals surface area contributed by atoms with E-state index in [2.05, 4.69) is 23.2 Å². The lowest BCUT2D eigenvalue weighted by Crippen LogP contribution is -2.36. The number of nitrogens with one attached hydrogen (secondary N) is 1. The topological polar surface area (TPSA) is 33.7 Å². The van der Waals surface area contributed by atoms with Crippen molar-refractivity contribution in [2.24, 2.45) is 0 Å². The number of likely N-dealkylation sites (N-methyl/N-ethyl adjacent to an activating group) is 1. The second kappa shape index (κ2) is 6.95. The molecular weight excluding hydrogens is 252 g/mol. The van der Waals surface area contributed by atoms with Gasteiger partial charge in [0.15, 0.2) is 0 Å². The van der Waals surface area contributed by atoms with E-state index in [0.29, 0.717) is 6.04 Å². The zero-order chi connectivity index (χ0) is 14.5. The first-order valence-electron chi connectivity index (χ1n) is 7.32. The fraction of sp³-hybridized carbons (Fsp3) is 0.625. The van der Waals surface area contributed by atoms with E-state index in [9.17, 15) is 0 Å². The second-order valence-corrected chi connectivity index (χ2v) is 5.44. The number of hydrogen-bond donors (Lipinski definition) is 1. The molecular formula is C16H26N2O2. The molecule has 1 aliphatic heterocycles. The zero-order valence-corrected chi connectivity index (χ0v) is 13.0. The van der Waals surface area contributed by atoms with Crippen molar-refractivity contribution < 1.29 is 9.47 Å². The molecule has 1 saturated heterocycles. The molecule has 1 aliphatic rings. The quantitative estimate of drug-likeness (QED) is 0.866. The molecule has 20 heavy (non-hydrogen) atoms. The smallest absolute Gasteiger partial charge is 0.123 e. The first kappa shape index (κ1) is 15.1. The van der Waals surface area contributed by atoms with E-state index in [-0.39, 0.29) is 6.04 Å². The Morgan fingerprint density at radius 3 is 2.70 bits per heavy atom. The molecule has 1 heterocycles. The third-order valence-corrected chi connectivity index (χ3v) is 4.27. The summed E-state index contributed by atoms with van der Waals surface area (Å²) >= 11 is 0. The van der Waals surface area contributed by atoms with Gasteiger partial charge in [0.2, 0.25) is 0 Å². The first-order chi connectivity index (χ1) is 9.69. The summed E-state index contributed by atoms with van der Waals surface area (Å²) in [4.78, 5) is 2.54. The fourth-order valence-electron chi connectivity index (χ4n) is 2.96. The van der Waals surface area contributed by atoms with Crippen LogP contribution in [0.25, 0.3) is 0 Å². The van der Waals surface area contributed by atoms with Gasteiger partial charge in [-0.15, -0.1) is 0 Å². The summed E-state index contributed by atoms with van der Waals surface area (Å²) in [5, 5.41) is 3.41.